The standard InChI is InChI=1S/C32H35FN8O5/c1-20-26(38-30(42)45-18-25-17-44-11-10-39(25)31(43)46-32(2,3)4)16-41-28(20)29(34-19-36-41)37-24-8-9-27-22(13-24)14-35-40(27)15-21-6-5-7-23(33)12-21/h5-9,12-14,16,19,25H,10-11,15,17-18H2,1-4H3,(H,38,42)(H,34,36,37). The smallest absolute Gasteiger partial charge is 0.411 e. The Morgan fingerprint density at radius 2 is 2.00 bits per heavy atom. The van der Waals surface area contributed by atoms with Crippen LogP contribution in [0.2, 0.25) is 0 Å². The number of ether oxygens (including phenoxy) is 3. The first-order chi connectivity index (χ1) is 22.0. The van der Waals surface area contributed by atoms with Crippen LogP contribution in [0, 0.1) is 12.7 Å². The summed E-state index contributed by atoms with van der Waals surface area (Å²) in [5.74, 6) is 0.251. The molecule has 1 aliphatic heterocycles. The highest BCUT2D eigenvalue weighted by Gasteiger charge is 2.32. The van der Waals surface area contributed by atoms with Crippen LogP contribution in [0.5, 0.6) is 0 Å². The van der Waals surface area contributed by atoms with Crippen LogP contribution >= 0.6 is 0 Å². The van der Waals surface area contributed by atoms with Crippen molar-refractivity contribution in [3.8, 4) is 0 Å². The van der Waals surface area contributed by atoms with E-state index < -0.39 is 23.8 Å². The van der Waals surface area contributed by atoms with Crippen LogP contribution in [0.25, 0.3) is 16.4 Å². The van der Waals surface area contributed by atoms with Gasteiger partial charge in [0.1, 0.15) is 29.9 Å². The zero-order valence-corrected chi connectivity index (χ0v) is 26.0. The molecule has 2 N–H and O–H groups in total. The van der Waals surface area contributed by atoms with Gasteiger partial charge in [0.15, 0.2) is 5.82 Å². The topological polar surface area (TPSA) is 137 Å². The third-order valence-corrected chi connectivity index (χ3v) is 7.45. The molecular formula is C32H35FN8O5. The fraction of sp³-hybridized carbons (Fsp3) is 0.344. The summed E-state index contributed by atoms with van der Waals surface area (Å²) in [6, 6.07) is 11.8. The maximum Gasteiger partial charge on any atom is 0.411 e. The Hall–Kier alpha value is -5.24. The SMILES string of the molecule is Cc1c(NC(=O)OCC2COCCN2C(=O)OC(C)(C)C)cn2ncnc(Nc3ccc4c(cnn4Cc4cccc(F)c4)c3)c12. The molecule has 1 saturated heterocycles. The van der Waals surface area contributed by atoms with Crippen LogP contribution < -0.4 is 10.6 Å². The number of nitrogens with zero attached hydrogens (tertiary/aromatic N) is 6. The number of benzene rings is 2. The Bertz CT molecular complexity index is 1900. The number of nitrogens with one attached hydrogen (secondary N) is 2. The van der Waals surface area contributed by atoms with Gasteiger partial charge in [-0.3, -0.25) is 14.9 Å². The molecule has 13 nitrogen and oxygen atoms in total. The van der Waals surface area contributed by atoms with E-state index in [4.69, 9.17) is 14.2 Å². The Balaban J connectivity index is 1.13. The van der Waals surface area contributed by atoms with Gasteiger partial charge in [-0.05, 0) is 63.6 Å². The first kappa shape index (κ1) is 30.8. The molecule has 0 spiro atoms. The lowest BCUT2D eigenvalue weighted by Gasteiger charge is -2.36. The predicted octanol–water partition coefficient (Wildman–Crippen LogP) is 5.50. The molecule has 0 radical (unpaired) electrons. The summed E-state index contributed by atoms with van der Waals surface area (Å²) < 4.78 is 33.6. The highest BCUT2D eigenvalue weighted by molar-refractivity contribution is 5.91. The number of aromatic nitrogens is 5. The summed E-state index contributed by atoms with van der Waals surface area (Å²) in [5.41, 5.74) is 3.73. The van der Waals surface area contributed by atoms with Gasteiger partial charge >= 0.3 is 12.2 Å². The van der Waals surface area contributed by atoms with E-state index in [1.54, 1.807) is 43.7 Å². The second-order valence-corrected chi connectivity index (χ2v) is 12.0. The average molecular weight is 631 g/mol. The molecule has 1 atom stereocenters. The molecule has 14 heteroatoms. The molecular weight excluding hydrogens is 595 g/mol. The van der Waals surface area contributed by atoms with Gasteiger partial charge in [-0.2, -0.15) is 10.2 Å². The Kier molecular flexibility index (Phi) is 8.45. The van der Waals surface area contributed by atoms with Crippen LogP contribution in [-0.4, -0.2) is 79.5 Å². The highest BCUT2D eigenvalue weighted by Crippen LogP contribution is 2.30. The lowest BCUT2D eigenvalue weighted by atomic mass is 10.2. The maximum atomic E-state index is 13.7. The van der Waals surface area contributed by atoms with E-state index in [-0.39, 0.29) is 19.0 Å². The minimum absolute atomic E-state index is 0.0641. The molecule has 46 heavy (non-hydrogen) atoms. The van der Waals surface area contributed by atoms with E-state index >= 15 is 0 Å². The normalized spacial score (nSPS) is 15.2. The van der Waals surface area contributed by atoms with E-state index in [1.807, 2.05) is 35.9 Å². The van der Waals surface area contributed by atoms with Crippen LogP contribution in [0.15, 0.2) is 61.2 Å². The molecule has 0 aliphatic carbocycles. The van der Waals surface area contributed by atoms with E-state index in [2.05, 4.69) is 25.8 Å². The molecule has 1 fully saturated rings. The number of amides is 2. The summed E-state index contributed by atoms with van der Waals surface area (Å²) in [4.78, 5) is 31.5. The van der Waals surface area contributed by atoms with Gasteiger partial charge in [0.05, 0.1) is 49.4 Å². The third kappa shape index (κ3) is 6.86. The van der Waals surface area contributed by atoms with Crippen LogP contribution in [0.3, 0.4) is 0 Å². The average Bonchev–Trinajstić information content (AvgIpc) is 3.55. The molecule has 240 valence electrons. The second-order valence-electron chi connectivity index (χ2n) is 12.0. The van der Waals surface area contributed by atoms with Crippen LogP contribution in [0.4, 0.5) is 31.2 Å². The monoisotopic (exact) mass is 630 g/mol. The minimum atomic E-state index is -0.683. The van der Waals surface area contributed by atoms with Crippen molar-refractivity contribution >= 4 is 45.8 Å². The van der Waals surface area contributed by atoms with Gasteiger partial charge in [0.2, 0.25) is 0 Å². The van der Waals surface area contributed by atoms with E-state index in [0.29, 0.717) is 36.7 Å². The zero-order valence-electron chi connectivity index (χ0n) is 26.0. The highest BCUT2D eigenvalue weighted by atomic mass is 19.1. The van der Waals surface area contributed by atoms with Crippen LogP contribution in [-0.2, 0) is 20.8 Å². The summed E-state index contributed by atoms with van der Waals surface area (Å²) >= 11 is 0. The molecule has 1 aliphatic rings. The lowest BCUT2D eigenvalue weighted by molar-refractivity contribution is -0.0453. The summed E-state index contributed by atoms with van der Waals surface area (Å²) in [6.07, 6.45) is 3.69. The van der Waals surface area contributed by atoms with Gasteiger partial charge < -0.3 is 19.5 Å². The van der Waals surface area contributed by atoms with Crippen molar-refractivity contribution in [1.29, 1.82) is 0 Å². The number of aryl methyl sites for hydroxylation is 1. The Morgan fingerprint density at radius 1 is 1.15 bits per heavy atom. The number of rotatable bonds is 7. The second kappa shape index (κ2) is 12.6. The van der Waals surface area contributed by atoms with Crippen molar-refractivity contribution in [3.63, 3.8) is 0 Å². The summed E-state index contributed by atoms with van der Waals surface area (Å²) in [5, 5.41) is 15.8. The number of carbonyl (C=O) groups is 2. The van der Waals surface area contributed by atoms with Crippen molar-refractivity contribution in [2.24, 2.45) is 0 Å². The molecule has 5 aromatic rings. The Labute approximate surface area is 264 Å². The number of carbonyl (C=O) groups excluding carboxylic acids is 2. The number of halogens is 1. The maximum absolute atomic E-state index is 13.7. The number of hydrogen-bond acceptors (Lipinski definition) is 9. The molecule has 1 unspecified atom stereocenters. The van der Waals surface area contributed by atoms with Gasteiger partial charge in [-0.25, -0.2) is 23.5 Å². The molecule has 3 aromatic heterocycles. The predicted molar refractivity (Wildman–Crippen MR) is 169 cm³/mol. The Morgan fingerprint density at radius 3 is 2.80 bits per heavy atom. The fourth-order valence-electron chi connectivity index (χ4n) is 5.29. The molecule has 0 bridgehead atoms. The lowest BCUT2D eigenvalue weighted by Crippen LogP contribution is -2.52. The number of hydrogen-bond donors (Lipinski definition) is 2. The van der Waals surface area contributed by atoms with Crippen molar-refractivity contribution in [1.82, 2.24) is 29.3 Å². The van der Waals surface area contributed by atoms with E-state index in [1.165, 1.54) is 23.4 Å². The molecule has 0 saturated carbocycles. The van der Waals surface area contributed by atoms with E-state index in [9.17, 15) is 14.0 Å². The first-order valence-electron chi connectivity index (χ1n) is 14.9. The first-order valence-corrected chi connectivity index (χ1v) is 14.9. The van der Waals surface area contributed by atoms with Crippen molar-refractivity contribution in [2.75, 3.05) is 37.0 Å². The van der Waals surface area contributed by atoms with E-state index in [0.717, 1.165) is 27.7 Å². The largest absolute Gasteiger partial charge is 0.447 e. The van der Waals surface area contributed by atoms with Crippen LogP contribution in [0.1, 0.15) is 31.9 Å². The third-order valence-electron chi connectivity index (χ3n) is 7.45. The summed E-state index contributed by atoms with van der Waals surface area (Å²) in [6.45, 7) is 8.56. The van der Waals surface area contributed by atoms with Gasteiger partial charge in [-0.15, -0.1) is 0 Å². The van der Waals surface area contributed by atoms with Crippen molar-refractivity contribution in [2.45, 2.75) is 45.9 Å². The van der Waals surface area contributed by atoms with Gasteiger partial charge in [0.25, 0.3) is 0 Å². The molecule has 2 amide bonds. The van der Waals surface area contributed by atoms with Crippen molar-refractivity contribution < 1.29 is 28.2 Å². The van der Waals surface area contributed by atoms with Gasteiger partial charge in [0, 0.05) is 23.2 Å². The van der Waals surface area contributed by atoms with Gasteiger partial charge in [-0.1, -0.05) is 12.1 Å². The van der Waals surface area contributed by atoms with Crippen molar-refractivity contribution in [3.05, 3.63) is 78.1 Å². The molecule has 2 aromatic carbocycles. The quantitative estimate of drug-likeness (QED) is 0.239. The number of fused-ring (bicyclic) bond motifs is 2. The number of morpholine rings is 1. The summed E-state index contributed by atoms with van der Waals surface area (Å²) in [7, 11) is 0. The zero-order chi connectivity index (χ0) is 32.4. The molecule has 6 rings (SSSR count). The minimum Gasteiger partial charge on any atom is -0.447 e. The fourth-order valence-corrected chi connectivity index (χ4v) is 5.29. The number of anilines is 3. The molecule has 4 heterocycles.